The monoisotopic (exact) mass is 554 g/mol. The molecular weight excluding hydrogens is 515 g/mol. The Hall–Kier alpha value is -1.58. The van der Waals surface area contributed by atoms with Crippen LogP contribution in [0.15, 0.2) is 23.3 Å². The van der Waals surface area contributed by atoms with Crippen molar-refractivity contribution in [1.82, 2.24) is 20.5 Å². The van der Waals surface area contributed by atoms with Crippen molar-refractivity contribution in [1.29, 1.82) is 0 Å². The zero-order chi connectivity index (χ0) is 21.6. The van der Waals surface area contributed by atoms with E-state index in [2.05, 4.69) is 44.6 Å². The quantitative estimate of drug-likeness (QED) is 0.332. The van der Waals surface area contributed by atoms with E-state index in [1.54, 1.807) is 7.05 Å². The Balaban J connectivity index is 0.00000289. The summed E-state index contributed by atoms with van der Waals surface area (Å²) in [5.74, 6) is 3.32. The van der Waals surface area contributed by atoms with Crippen LogP contribution in [0, 0.1) is 11.8 Å². The predicted octanol–water partition coefficient (Wildman–Crippen LogP) is 3.39. The van der Waals surface area contributed by atoms with Crippen LogP contribution >= 0.6 is 24.0 Å². The molecule has 2 saturated heterocycles. The largest absolute Gasteiger partial charge is 0.357 e. The van der Waals surface area contributed by atoms with Gasteiger partial charge in [0.25, 0.3) is 0 Å². The van der Waals surface area contributed by atoms with Crippen LogP contribution in [0.4, 0.5) is 5.82 Å². The lowest BCUT2D eigenvalue weighted by molar-refractivity contribution is -0.134. The molecular formula is C24H39IN6O. The number of guanidine groups is 1. The summed E-state index contributed by atoms with van der Waals surface area (Å²) in [4.78, 5) is 26.1. The van der Waals surface area contributed by atoms with Crippen LogP contribution in [0.3, 0.4) is 0 Å². The maximum Gasteiger partial charge on any atom is 0.225 e. The molecule has 1 saturated carbocycles. The van der Waals surface area contributed by atoms with E-state index < -0.39 is 0 Å². The number of piperidine rings is 1. The van der Waals surface area contributed by atoms with E-state index in [0.29, 0.717) is 12.5 Å². The first-order valence-electron chi connectivity index (χ1n) is 12.1. The van der Waals surface area contributed by atoms with E-state index in [-0.39, 0.29) is 35.9 Å². The lowest BCUT2D eigenvalue weighted by Crippen LogP contribution is -2.45. The Bertz CT molecular complexity index is 756. The topological polar surface area (TPSA) is 72.9 Å². The first kappa shape index (κ1) is 25.1. The van der Waals surface area contributed by atoms with Gasteiger partial charge in [-0.15, -0.1) is 24.0 Å². The number of aliphatic imine (C=N–C) groups is 1. The molecule has 0 radical (unpaired) electrons. The van der Waals surface area contributed by atoms with Crippen LogP contribution in [-0.2, 0) is 11.3 Å². The van der Waals surface area contributed by atoms with Gasteiger partial charge >= 0.3 is 0 Å². The van der Waals surface area contributed by atoms with Gasteiger partial charge in [0.1, 0.15) is 5.82 Å². The molecule has 3 aliphatic rings. The van der Waals surface area contributed by atoms with Crippen molar-refractivity contribution in [3.8, 4) is 0 Å². The summed E-state index contributed by atoms with van der Waals surface area (Å²) in [6.07, 6.45) is 9.98. The number of amides is 1. The van der Waals surface area contributed by atoms with E-state index in [4.69, 9.17) is 0 Å². The molecule has 1 atom stereocenters. The van der Waals surface area contributed by atoms with Gasteiger partial charge in [-0.3, -0.25) is 9.79 Å². The molecule has 1 aromatic heterocycles. The molecule has 0 aromatic carbocycles. The molecule has 32 heavy (non-hydrogen) atoms. The number of halogens is 1. The van der Waals surface area contributed by atoms with Crippen LogP contribution in [0.5, 0.6) is 0 Å². The molecule has 2 aliphatic heterocycles. The van der Waals surface area contributed by atoms with Crippen molar-refractivity contribution in [3.63, 3.8) is 0 Å². The molecule has 0 bridgehead atoms. The number of hydrogen-bond acceptors (Lipinski definition) is 4. The minimum atomic E-state index is 0. The highest BCUT2D eigenvalue weighted by Crippen LogP contribution is 2.28. The van der Waals surface area contributed by atoms with Gasteiger partial charge in [-0.2, -0.15) is 0 Å². The molecule has 8 heteroatoms. The van der Waals surface area contributed by atoms with Crippen LogP contribution < -0.4 is 15.5 Å². The van der Waals surface area contributed by atoms with Gasteiger partial charge in [0, 0.05) is 57.9 Å². The number of rotatable bonds is 5. The lowest BCUT2D eigenvalue weighted by atomic mass is 9.99. The molecule has 2 N–H and O–H groups in total. The second kappa shape index (κ2) is 12.0. The standard InChI is InChI=1S/C24H38N6O.HI/c1-18-9-12-29(13-10-18)22-8-7-19(15-26-22)16-27-24(25-2)28-21-11-14-30(17-21)23(31)20-5-3-4-6-20;/h7-8,15,18,20-21H,3-6,9-14,16-17H2,1-2H3,(H2,25,27,28);1H. The minimum absolute atomic E-state index is 0. The second-order valence-electron chi connectivity index (χ2n) is 9.52. The molecule has 3 fully saturated rings. The van der Waals surface area contributed by atoms with Crippen LogP contribution in [0.2, 0.25) is 0 Å². The van der Waals surface area contributed by atoms with E-state index in [0.717, 1.165) is 68.7 Å². The minimum Gasteiger partial charge on any atom is -0.357 e. The van der Waals surface area contributed by atoms with Gasteiger partial charge in [0.15, 0.2) is 5.96 Å². The highest BCUT2D eigenvalue weighted by molar-refractivity contribution is 14.0. The average molecular weight is 555 g/mol. The Kier molecular flexibility index (Phi) is 9.43. The van der Waals surface area contributed by atoms with E-state index in [1.807, 2.05) is 11.1 Å². The maximum atomic E-state index is 12.7. The SMILES string of the molecule is CN=C(NCc1ccc(N2CCC(C)CC2)nc1)NC1CCN(C(=O)C2CCCC2)C1.I. The maximum absolute atomic E-state index is 12.7. The van der Waals surface area contributed by atoms with Crippen molar-refractivity contribution in [2.45, 2.75) is 64.5 Å². The van der Waals surface area contributed by atoms with Gasteiger partial charge < -0.3 is 20.4 Å². The number of aromatic nitrogens is 1. The molecule has 0 spiro atoms. The fourth-order valence-electron chi connectivity index (χ4n) is 5.03. The smallest absolute Gasteiger partial charge is 0.225 e. The normalized spacial score (nSPS) is 22.7. The average Bonchev–Trinajstić information content (AvgIpc) is 3.50. The second-order valence-corrected chi connectivity index (χ2v) is 9.52. The Labute approximate surface area is 209 Å². The molecule has 1 aliphatic carbocycles. The molecule has 4 rings (SSSR count). The number of carbonyl (C=O) groups is 1. The molecule has 3 heterocycles. The van der Waals surface area contributed by atoms with Crippen molar-refractivity contribution in [3.05, 3.63) is 23.9 Å². The number of pyridine rings is 1. The van der Waals surface area contributed by atoms with E-state index >= 15 is 0 Å². The number of carbonyl (C=O) groups excluding carboxylic acids is 1. The Morgan fingerprint density at radius 1 is 1.12 bits per heavy atom. The van der Waals surface area contributed by atoms with Crippen molar-refractivity contribution in [2.75, 3.05) is 38.1 Å². The summed E-state index contributed by atoms with van der Waals surface area (Å²) in [5.41, 5.74) is 1.14. The summed E-state index contributed by atoms with van der Waals surface area (Å²) in [6.45, 7) is 6.85. The van der Waals surface area contributed by atoms with Crippen molar-refractivity contribution >= 4 is 41.7 Å². The van der Waals surface area contributed by atoms with Gasteiger partial charge in [-0.1, -0.05) is 25.8 Å². The summed E-state index contributed by atoms with van der Waals surface area (Å²) in [7, 11) is 1.80. The number of hydrogen-bond donors (Lipinski definition) is 2. The summed E-state index contributed by atoms with van der Waals surface area (Å²) < 4.78 is 0. The van der Waals surface area contributed by atoms with Gasteiger partial charge in [-0.05, 0) is 49.7 Å². The Morgan fingerprint density at radius 3 is 2.53 bits per heavy atom. The molecule has 7 nitrogen and oxygen atoms in total. The third-order valence-corrected chi connectivity index (χ3v) is 7.15. The lowest BCUT2D eigenvalue weighted by Gasteiger charge is -2.31. The zero-order valence-electron chi connectivity index (χ0n) is 19.6. The summed E-state index contributed by atoms with van der Waals surface area (Å²) in [6, 6.07) is 4.55. The van der Waals surface area contributed by atoms with Crippen molar-refractivity contribution < 1.29 is 4.79 Å². The highest BCUT2D eigenvalue weighted by atomic mass is 127. The fraction of sp³-hybridized carbons (Fsp3) is 0.708. The summed E-state index contributed by atoms with van der Waals surface area (Å²) >= 11 is 0. The van der Waals surface area contributed by atoms with Crippen LogP contribution in [0.1, 0.15) is 57.4 Å². The third-order valence-electron chi connectivity index (χ3n) is 7.15. The third kappa shape index (κ3) is 6.48. The predicted molar refractivity (Wildman–Crippen MR) is 141 cm³/mol. The van der Waals surface area contributed by atoms with E-state index in [1.165, 1.54) is 25.7 Å². The molecule has 178 valence electrons. The Morgan fingerprint density at radius 2 is 1.88 bits per heavy atom. The fourth-order valence-corrected chi connectivity index (χ4v) is 5.03. The van der Waals surface area contributed by atoms with Gasteiger partial charge in [0.05, 0.1) is 0 Å². The van der Waals surface area contributed by atoms with Crippen molar-refractivity contribution in [2.24, 2.45) is 16.8 Å². The van der Waals surface area contributed by atoms with Gasteiger partial charge in [-0.25, -0.2) is 4.98 Å². The van der Waals surface area contributed by atoms with Crippen LogP contribution in [0.25, 0.3) is 0 Å². The highest BCUT2D eigenvalue weighted by Gasteiger charge is 2.32. The first-order valence-corrected chi connectivity index (χ1v) is 12.1. The van der Waals surface area contributed by atoms with E-state index in [9.17, 15) is 4.79 Å². The summed E-state index contributed by atoms with van der Waals surface area (Å²) in [5, 5.41) is 6.89. The molecule has 1 unspecified atom stereocenters. The molecule has 1 amide bonds. The first-order chi connectivity index (χ1) is 15.1. The number of anilines is 1. The van der Waals surface area contributed by atoms with Gasteiger partial charge in [0.2, 0.25) is 5.91 Å². The zero-order valence-corrected chi connectivity index (χ0v) is 21.9. The van der Waals surface area contributed by atoms with Crippen LogP contribution in [-0.4, -0.2) is 61.0 Å². The number of nitrogens with one attached hydrogen (secondary N) is 2. The number of likely N-dealkylation sites (tertiary alicyclic amines) is 1. The molecule has 1 aromatic rings. The number of nitrogens with zero attached hydrogens (tertiary/aromatic N) is 4.